The zero-order valence-electron chi connectivity index (χ0n) is 8.91. The van der Waals surface area contributed by atoms with Crippen molar-refractivity contribution in [2.24, 2.45) is 0 Å². The molecule has 0 bridgehead atoms. The van der Waals surface area contributed by atoms with E-state index in [1.54, 1.807) is 18.2 Å². The van der Waals surface area contributed by atoms with Crippen LogP contribution < -0.4 is 10.5 Å². The third-order valence-corrected chi connectivity index (χ3v) is 2.60. The van der Waals surface area contributed by atoms with E-state index in [2.05, 4.69) is 0 Å². The van der Waals surface area contributed by atoms with Crippen LogP contribution in [0.15, 0.2) is 42.5 Å². The lowest BCUT2D eigenvalue weighted by molar-refractivity contribution is 0.481. The third-order valence-electron chi connectivity index (χ3n) is 2.30. The number of anilines is 1. The predicted octanol–water partition coefficient (Wildman–Crippen LogP) is 4.02. The van der Waals surface area contributed by atoms with Gasteiger partial charge in [-0.3, -0.25) is 0 Å². The van der Waals surface area contributed by atoms with E-state index >= 15 is 0 Å². The lowest BCUT2D eigenvalue weighted by Gasteiger charge is -2.11. The zero-order valence-corrected chi connectivity index (χ0v) is 9.66. The van der Waals surface area contributed by atoms with Gasteiger partial charge in [0.05, 0.1) is 10.7 Å². The smallest absolute Gasteiger partial charge is 0.168 e. The molecule has 3 heteroatoms. The van der Waals surface area contributed by atoms with E-state index in [-0.39, 0.29) is 0 Å². The maximum absolute atomic E-state index is 6.03. The predicted molar refractivity (Wildman–Crippen MR) is 67.1 cm³/mol. The monoisotopic (exact) mass is 233 g/mol. The van der Waals surface area contributed by atoms with E-state index in [1.807, 2.05) is 31.2 Å². The first-order valence-electron chi connectivity index (χ1n) is 4.96. The first kappa shape index (κ1) is 10.8. The molecule has 0 spiro atoms. The molecule has 0 heterocycles. The molecule has 82 valence electrons. The van der Waals surface area contributed by atoms with Gasteiger partial charge in [-0.15, -0.1) is 0 Å². The van der Waals surface area contributed by atoms with E-state index in [0.717, 1.165) is 11.3 Å². The molecule has 0 fully saturated rings. The molecule has 0 saturated heterocycles. The van der Waals surface area contributed by atoms with Gasteiger partial charge in [-0.2, -0.15) is 0 Å². The minimum atomic E-state index is 0.512. The van der Waals surface area contributed by atoms with Crippen LogP contribution in [0, 0.1) is 6.92 Å². The van der Waals surface area contributed by atoms with Gasteiger partial charge in [0, 0.05) is 0 Å². The average molecular weight is 234 g/mol. The standard InChI is InChI=1S/C13H12ClNO/c1-9-5-2-3-8-12(9)16-13-10(14)6-4-7-11(13)15/h2-8H,15H2,1H3. The van der Waals surface area contributed by atoms with E-state index in [0.29, 0.717) is 16.5 Å². The van der Waals surface area contributed by atoms with Crippen molar-refractivity contribution in [3.63, 3.8) is 0 Å². The number of benzene rings is 2. The maximum Gasteiger partial charge on any atom is 0.168 e. The zero-order chi connectivity index (χ0) is 11.5. The maximum atomic E-state index is 6.03. The Labute approximate surface area is 99.6 Å². The highest BCUT2D eigenvalue weighted by atomic mass is 35.5. The van der Waals surface area contributed by atoms with Crippen LogP contribution in [0.4, 0.5) is 5.69 Å². The van der Waals surface area contributed by atoms with Crippen molar-refractivity contribution < 1.29 is 4.74 Å². The Morgan fingerprint density at radius 3 is 2.50 bits per heavy atom. The first-order chi connectivity index (χ1) is 7.68. The van der Waals surface area contributed by atoms with Crippen molar-refractivity contribution >= 4 is 17.3 Å². The number of hydrogen-bond donors (Lipinski definition) is 1. The van der Waals surface area contributed by atoms with E-state index < -0.39 is 0 Å². The first-order valence-corrected chi connectivity index (χ1v) is 5.34. The molecule has 0 aliphatic heterocycles. The Bertz CT molecular complexity index is 491. The van der Waals surface area contributed by atoms with Crippen LogP contribution in [0.3, 0.4) is 0 Å². The molecule has 2 aromatic rings. The Kier molecular flexibility index (Phi) is 3.02. The number of nitrogens with two attached hydrogens (primary N) is 1. The molecule has 2 nitrogen and oxygen atoms in total. The minimum absolute atomic E-state index is 0.512. The molecule has 0 unspecified atom stereocenters. The number of halogens is 1. The summed E-state index contributed by atoms with van der Waals surface area (Å²) in [5.41, 5.74) is 7.39. The Morgan fingerprint density at radius 1 is 1.06 bits per heavy atom. The second-order valence-corrected chi connectivity index (χ2v) is 3.93. The largest absolute Gasteiger partial charge is 0.453 e. The second-order valence-electron chi connectivity index (χ2n) is 3.53. The van der Waals surface area contributed by atoms with E-state index in [4.69, 9.17) is 22.1 Å². The van der Waals surface area contributed by atoms with Crippen LogP contribution >= 0.6 is 11.6 Å². The number of rotatable bonds is 2. The van der Waals surface area contributed by atoms with Crippen molar-refractivity contribution in [1.29, 1.82) is 0 Å². The Balaban J connectivity index is 2.38. The molecular formula is C13H12ClNO. The highest BCUT2D eigenvalue weighted by Crippen LogP contribution is 2.35. The van der Waals surface area contributed by atoms with Crippen LogP contribution in [0.2, 0.25) is 5.02 Å². The summed E-state index contributed by atoms with van der Waals surface area (Å²) in [7, 11) is 0. The fourth-order valence-electron chi connectivity index (χ4n) is 1.41. The highest BCUT2D eigenvalue weighted by Gasteiger charge is 2.08. The minimum Gasteiger partial charge on any atom is -0.453 e. The summed E-state index contributed by atoms with van der Waals surface area (Å²) in [6, 6.07) is 13.0. The molecule has 2 rings (SSSR count). The van der Waals surface area contributed by atoms with Crippen molar-refractivity contribution in [1.82, 2.24) is 0 Å². The van der Waals surface area contributed by atoms with Gasteiger partial charge in [0.25, 0.3) is 0 Å². The van der Waals surface area contributed by atoms with Crippen LogP contribution in [0.5, 0.6) is 11.5 Å². The average Bonchev–Trinajstić information content (AvgIpc) is 2.26. The molecule has 0 aromatic heterocycles. The van der Waals surface area contributed by atoms with Crippen LogP contribution in [0.25, 0.3) is 0 Å². The lowest BCUT2D eigenvalue weighted by Crippen LogP contribution is -1.93. The van der Waals surface area contributed by atoms with Crippen molar-refractivity contribution in [2.75, 3.05) is 5.73 Å². The van der Waals surface area contributed by atoms with Crippen molar-refractivity contribution in [3.8, 4) is 11.5 Å². The fraction of sp³-hybridized carbons (Fsp3) is 0.0769. The molecule has 2 aromatic carbocycles. The molecule has 0 saturated carbocycles. The SMILES string of the molecule is Cc1ccccc1Oc1c(N)cccc1Cl. The fourth-order valence-corrected chi connectivity index (χ4v) is 1.63. The molecular weight excluding hydrogens is 222 g/mol. The molecule has 0 amide bonds. The van der Waals surface area contributed by atoms with Gasteiger partial charge in [0.1, 0.15) is 5.75 Å². The van der Waals surface area contributed by atoms with Gasteiger partial charge in [-0.25, -0.2) is 0 Å². The number of aryl methyl sites for hydroxylation is 1. The topological polar surface area (TPSA) is 35.2 Å². The number of nitrogen functional groups attached to an aromatic ring is 1. The number of hydrogen-bond acceptors (Lipinski definition) is 2. The normalized spacial score (nSPS) is 10.1. The summed E-state index contributed by atoms with van der Waals surface area (Å²) in [5.74, 6) is 1.28. The second kappa shape index (κ2) is 4.45. The lowest BCUT2D eigenvalue weighted by atomic mass is 10.2. The summed E-state index contributed by atoms with van der Waals surface area (Å²) < 4.78 is 5.71. The van der Waals surface area contributed by atoms with E-state index in [9.17, 15) is 0 Å². The van der Waals surface area contributed by atoms with Gasteiger partial charge in [0.2, 0.25) is 0 Å². The summed E-state index contributed by atoms with van der Waals surface area (Å²) in [6.07, 6.45) is 0. The van der Waals surface area contributed by atoms with Crippen LogP contribution in [-0.4, -0.2) is 0 Å². The molecule has 0 atom stereocenters. The van der Waals surface area contributed by atoms with Gasteiger partial charge in [-0.1, -0.05) is 35.9 Å². The van der Waals surface area contributed by atoms with Gasteiger partial charge in [0.15, 0.2) is 5.75 Å². The van der Waals surface area contributed by atoms with Crippen LogP contribution in [0.1, 0.15) is 5.56 Å². The Hall–Kier alpha value is -1.67. The molecule has 0 radical (unpaired) electrons. The molecule has 0 aliphatic carbocycles. The van der Waals surface area contributed by atoms with Crippen LogP contribution in [-0.2, 0) is 0 Å². The summed E-state index contributed by atoms with van der Waals surface area (Å²) in [4.78, 5) is 0. The summed E-state index contributed by atoms with van der Waals surface area (Å²) in [6.45, 7) is 1.97. The van der Waals surface area contributed by atoms with E-state index in [1.165, 1.54) is 0 Å². The van der Waals surface area contributed by atoms with Crippen molar-refractivity contribution in [2.45, 2.75) is 6.92 Å². The highest BCUT2D eigenvalue weighted by molar-refractivity contribution is 6.32. The van der Waals surface area contributed by atoms with Crippen molar-refractivity contribution in [3.05, 3.63) is 53.1 Å². The molecule has 16 heavy (non-hydrogen) atoms. The Morgan fingerprint density at radius 2 is 1.81 bits per heavy atom. The van der Waals surface area contributed by atoms with Gasteiger partial charge >= 0.3 is 0 Å². The molecule has 2 N–H and O–H groups in total. The molecule has 0 aliphatic rings. The number of ether oxygens (including phenoxy) is 1. The summed E-state index contributed by atoms with van der Waals surface area (Å²) >= 11 is 6.03. The van der Waals surface area contributed by atoms with Gasteiger partial charge in [-0.05, 0) is 30.7 Å². The third kappa shape index (κ3) is 2.12. The summed E-state index contributed by atoms with van der Waals surface area (Å²) in [5, 5.41) is 0.517. The van der Waals surface area contributed by atoms with Gasteiger partial charge < -0.3 is 10.5 Å². The number of para-hydroxylation sites is 2. The quantitative estimate of drug-likeness (QED) is 0.795.